The zero-order chi connectivity index (χ0) is 36.4. The van der Waals surface area contributed by atoms with Gasteiger partial charge in [-0.3, -0.25) is 9.59 Å². The Morgan fingerprint density at radius 1 is 0.904 bits per heavy atom. The number of carbonyl (C=O) groups excluding carboxylic acids is 4. The van der Waals surface area contributed by atoms with Crippen LogP contribution in [-0.4, -0.2) is 93.6 Å². The first kappa shape index (κ1) is 34.5. The van der Waals surface area contributed by atoms with Crippen LogP contribution >= 0.6 is 0 Å². The number of piperidine rings is 1. The molecule has 2 bridgehead atoms. The molecule has 1 saturated heterocycles. The van der Waals surface area contributed by atoms with Crippen molar-refractivity contribution < 1.29 is 28.7 Å². The number of nitrogens with one attached hydrogen (secondary N) is 4. The predicted octanol–water partition coefficient (Wildman–Crippen LogP) is 5.28. The van der Waals surface area contributed by atoms with Crippen molar-refractivity contribution in [2.75, 3.05) is 33.9 Å². The minimum atomic E-state index is -0.649. The van der Waals surface area contributed by atoms with Crippen molar-refractivity contribution in [1.82, 2.24) is 40.4 Å². The number of likely N-dealkylation sites (tertiary alicyclic amines) is 1. The van der Waals surface area contributed by atoms with Gasteiger partial charge in [0, 0.05) is 18.0 Å². The molecule has 14 heteroatoms. The minimum absolute atomic E-state index is 0.108. The van der Waals surface area contributed by atoms with Gasteiger partial charge in [0.2, 0.25) is 11.8 Å². The molecule has 52 heavy (non-hydrogen) atoms. The van der Waals surface area contributed by atoms with E-state index in [1.54, 1.807) is 4.90 Å². The molecule has 1 saturated carbocycles. The van der Waals surface area contributed by atoms with E-state index in [9.17, 15) is 19.2 Å². The first-order valence-corrected chi connectivity index (χ1v) is 17.6. The molecule has 2 aromatic heterocycles. The topological polar surface area (TPSA) is 175 Å². The minimum Gasteiger partial charge on any atom is -0.453 e. The molecule has 3 aromatic carbocycles. The molecule has 3 atom stereocenters. The smallest absolute Gasteiger partial charge is 0.407 e. The molecule has 14 nitrogen and oxygen atoms in total. The van der Waals surface area contributed by atoms with Crippen LogP contribution in [0.1, 0.15) is 50.3 Å². The molecule has 0 unspecified atom stereocenters. The van der Waals surface area contributed by atoms with Gasteiger partial charge in [-0.2, -0.15) is 0 Å². The summed E-state index contributed by atoms with van der Waals surface area (Å²) in [7, 11) is 2.54. The Morgan fingerprint density at radius 2 is 1.63 bits per heavy atom. The van der Waals surface area contributed by atoms with Gasteiger partial charge in [0.25, 0.3) is 0 Å². The van der Waals surface area contributed by atoms with Gasteiger partial charge in [0.05, 0.1) is 49.7 Å². The standard InChI is InChI=1S/C38H42N8O6/c1-4-15-45(32(47)19-40-37(49)51-2)21-31-42-29-14-11-25-16-24(10-13-28(25)34(29)44-31)22-5-7-23(8-6-22)30-18-39-36(43-30)35-26-9-12-27(17-26)46(35)33(48)20-41-38(50)52-3/h5-8,10-11,13-14,16,18,26-27,35H,4,9,12,15,17,19-21H2,1-3H3,(H,39,43)(H,40,49)(H,41,50)(H,42,44)/t26-,27+,35-/m0/s1. The number of nitrogens with zero attached hydrogens (tertiary/aromatic N) is 4. The fourth-order valence-electron chi connectivity index (χ4n) is 7.67. The normalized spacial score (nSPS) is 17.8. The maximum absolute atomic E-state index is 13.1. The van der Waals surface area contributed by atoms with Gasteiger partial charge in [0.1, 0.15) is 24.7 Å². The molecular formula is C38H42N8O6. The summed E-state index contributed by atoms with van der Waals surface area (Å²) in [6.07, 6.45) is 4.26. The highest BCUT2D eigenvalue weighted by Gasteiger charge is 2.49. The highest BCUT2D eigenvalue weighted by Crippen LogP contribution is 2.49. The molecule has 5 aromatic rings. The summed E-state index contributed by atoms with van der Waals surface area (Å²) >= 11 is 0. The van der Waals surface area contributed by atoms with Crippen molar-refractivity contribution >= 4 is 45.8 Å². The second kappa shape index (κ2) is 14.7. The maximum Gasteiger partial charge on any atom is 0.407 e. The number of benzene rings is 3. The lowest BCUT2D eigenvalue weighted by Gasteiger charge is -2.34. The fourth-order valence-corrected chi connectivity index (χ4v) is 7.67. The van der Waals surface area contributed by atoms with E-state index in [2.05, 4.69) is 78.6 Å². The second-order valence-corrected chi connectivity index (χ2v) is 13.3. The largest absolute Gasteiger partial charge is 0.453 e. The quantitative estimate of drug-likeness (QED) is 0.144. The summed E-state index contributed by atoms with van der Waals surface area (Å²) in [5.74, 6) is 1.41. The van der Waals surface area contributed by atoms with Crippen molar-refractivity contribution in [3.8, 4) is 22.4 Å². The number of hydrogen-bond acceptors (Lipinski definition) is 8. The van der Waals surface area contributed by atoms with Crippen LogP contribution < -0.4 is 10.6 Å². The number of amides is 4. The third-order valence-electron chi connectivity index (χ3n) is 10.1. The number of aromatic nitrogens is 4. The van der Waals surface area contributed by atoms with E-state index in [0.717, 1.165) is 75.7 Å². The van der Waals surface area contributed by atoms with Crippen molar-refractivity contribution in [1.29, 1.82) is 0 Å². The lowest BCUT2D eigenvalue weighted by Crippen LogP contribution is -2.45. The van der Waals surface area contributed by atoms with E-state index >= 15 is 0 Å². The summed E-state index contributed by atoms with van der Waals surface area (Å²) in [6, 6.07) is 18.7. The molecule has 0 radical (unpaired) electrons. The maximum atomic E-state index is 13.1. The van der Waals surface area contributed by atoms with Crippen LogP contribution in [-0.2, 0) is 25.6 Å². The first-order chi connectivity index (χ1) is 25.3. The lowest BCUT2D eigenvalue weighted by molar-refractivity contribution is -0.135. The Balaban J connectivity index is 1.06. The van der Waals surface area contributed by atoms with Crippen LogP contribution in [0.15, 0.2) is 60.8 Å². The molecule has 3 heterocycles. The number of rotatable bonds is 11. The number of alkyl carbamates (subject to hydrolysis) is 2. The van der Waals surface area contributed by atoms with Gasteiger partial charge >= 0.3 is 12.2 Å². The average Bonchev–Trinajstić information content (AvgIpc) is 3.99. The monoisotopic (exact) mass is 706 g/mol. The van der Waals surface area contributed by atoms with Crippen molar-refractivity contribution in [3.05, 3.63) is 72.4 Å². The van der Waals surface area contributed by atoms with Crippen LogP contribution in [0.4, 0.5) is 9.59 Å². The number of methoxy groups -OCH3 is 2. The van der Waals surface area contributed by atoms with Crippen LogP contribution in [0.3, 0.4) is 0 Å². The van der Waals surface area contributed by atoms with Gasteiger partial charge < -0.3 is 39.9 Å². The van der Waals surface area contributed by atoms with E-state index in [0.29, 0.717) is 24.8 Å². The van der Waals surface area contributed by atoms with Gasteiger partial charge in [-0.25, -0.2) is 19.6 Å². The average molecular weight is 707 g/mol. The molecule has 4 amide bonds. The summed E-state index contributed by atoms with van der Waals surface area (Å²) in [5.41, 5.74) is 5.69. The van der Waals surface area contributed by atoms with E-state index in [1.165, 1.54) is 14.2 Å². The van der Waals surface area contributed by atoms with E-state index in [4.69, 9.17) is 9.97 Å². The Morgan fingerprint density at radius 3 is 2.38 bits per heavy atom. The summed E-state index contributed by atoms with van der Waals surface area (Å²) in [5, 5.41) is 7.01. The van der Waals surface area contributed by atoms with E-state index in [1.807, 2.05) is 24.1 Å². The number of hydrogen-bond donors (Lipinski definition) is 4. The number of aromatic amines is 2. The highest BCUT2D eigenvalue weighted by molar-refractivity contribution is 6.05. The summed E-state index contributed by atoms with van der Waals surface area (Å²) in [4.78, 5) is 69.0. The molecular weight excluding hydrogens is 664 g/mol. The third kappa shape index (κ3) is 6.88. The highest BCUT2D eigenvalue weighted by atomic mass is 16.5. The fraction of sp³-hybridized carbons (Fsp3) is 0.368. The molecule has 2 aliphatic rings. The van der Waals surface area contributed by atoms with Crippen LogP contribution in [0.2, 0.25) is 0 Å². The Bertz CT molecular complexity index is 2120. The van der Waals surface area contributed by atoms with Crippen molar-refractivity contribution in [2.24, 2.45) is 5.92 Å². The Kier molecular flexibility index (Phi) is 9.79. The van der Waals surface area contributed by atoms with Crippen molar-refractivity contribution in [3.63, 3.8) is 0 Å². The zero-order valence-corrected chi connectivity index (χ0v) is 29.4. The first-order valence-electron chi connectivity index (χ1n) is 17.6. The summed E-state index contributed by atoms with van der Waals surface area (Å²) in [6.45, 7) is 2.56. The van der Waals surface area contributed by atoms with Crippen LogP contribution in [0.25, 0.3) is 44.2 Å². The molecule has 270 valence electrons. The molecule has 1 aliphatic carbocycles. The molecule has 4 N–H and O–H groups in total. The van der Waals surface area contributed by atoms with Crippen LogP contribution in [0, 0.1) is 5.92 Å². The molecule has 1 aliphatic heterocycles. The number of H-pyrrole nitrogens is 2. The SMILES string of the molecule is CCCN(Cc1nc2c(ccc3cc(-c4ccc(-c5cnc([C@@H]6[C@H]7CC[C@H](C7)N6C(=O)CNC(=O)OC)[nH]5)cc4)ccc32)[nH]1)C(=O)CNC(=O)OC. The second-order valence-electron chi connectivity index (χ2n) is 13.3. The van der Waals surface area contributed by atoms with E-state index in [-0.39, 0.29) is 37.0 Å². The molecule has 0 spiro atoms. The molecule has 2 fully saturated rings. The Labute approximate surface area is 300 Å². The van der Waals surface area contributed by atoms with Gasteiger partial charge in [-0.1, -0.05) is 49.4 Å². The van der Waals surface area contributed by atoms with Gasteiger partial charge in [0.15, 0.2) is 0 Å². The summed E-state index contributed by atoms with van der Waals surface area (Å²) < 4.78 is 9.21. The number of fused-ring (bicyclic) bond motifs is 5. The number of ether oxygens (including phenoxy) is 2. The zero-order valence-electron chi connectivity index (χ0n) is 29.4. The lowest BCUT2D eigenvalue weighted by atomic mass is 9.98. The third-order valence-corrected chi connectivity index (χ3v) is 10.1. The van der Waals surface area contributed by atoms with Gasteiger partial charge in [-0.05, 0) is 65.8 Å². The predicted molar refractivity (Wildman–Crippen MR) is 194 cm³/mol. The van der Waals surface area contributed by atoms with Gasteiger partial charge in [-0.15, -0.1) is 0 Å². The van der Waals surface area contributed by atoms with E-state index < -0.39 is 12.2 Å². The number of carbonyl (C=O) groups is 4. The Hall–Kier alpha value is -5.92. The number of imidazole rings is 2. The molecule has 7 rings (SSSR count). The van der Waals surface area contributed by atoms with Crippen molar-refractivity contribution in [2.45, 2.75) is 51.2 Å². The van der Waals surface area contributed by atoms with Crippen LogP contribution in [0.5, 0.6) is 0 Å².